The molecule has 3 aromatic rings. The number of nitrogens with one attached hydrogen (secondary N) is 1. The average Bonchev–Trinajstić information content (AvgIpc) is 3.26. The molecule has 1 atom stereocenters. The minimum absolute atomic E-state index is 0.0630. The highest BCUT2D eigenvalue weighted by Crippen LogP contribution is 2.33. The van der Waals surface area contributed by atoms with Crippen LogP contribution in [-0.2, 0) is 4.79 Å². The van der Waals surface area contributed by atoms with E-state index in [1.165, 1.54) is 18.0 Å². The first kappa shape index (κ1) is 19.9. The van der Waals surface area contributed by atoms with Crippen molar-refractivity contribution in [2.75, 3.05) is 32.9 Å². The number of hydrogen-bond acceptors (Lipinski definition) is 6. The van der Waals surface area contributed by atoms with Crippen LogP contribution in [0, 0.1) is 0 Å². The van der Waals surface area contributed by atoms with Gasteiger partial charge in [0, 0.05) is 30.3 Å². The molecule has 1 aromatic carbocycles. The SMILES string of the molecule is CN(C)CCNC(=O)C[C@@H]1CSc2nc3c(cnn3-c3cccc(Cl)c3)c(=O)n21. The molecule has 0 radical (unpaired) electrons. The monoisotopic (exact) mass is 432 g/mol. The first-order chi connectivity index (χ1) is 13.9. The van der Waals surface area contributed by atoms with E-state index < -0.39 is 0 Å². The molecule has 8 nitrogen and oxygen atoms in total. The van der Waals surface area contributed by atoms with Crippen molar-refractivity contribution < 1.29 is 4.79 Å². The molecule has 29 heavy (non-hydrogen) atoms. The maximum absolute atomic E-state index is 13.1. The molecule has 10 heteroatoms. The number of halogens is 1. The molecule has 1 aliphatic heterocycles. The fraction of sp³-hybridized carbons (Fsp3) is 0.368. The van der Waals surface area contributed by atoms with Crippen LogP contribution in [0.4, 0.5) is 0 Å². The molecule has 1 N–H and O–H groups in total. The first-order valence-corrected chi connectivity index (χ1v) is 10.6. The summed E-state index contributed by atoms with van der Waals surface area (Å²) in [6.07, 6.45) is 1.78. The number of likely N-dealkylation sites (N-methyl/N-ethyl adjacent to an activating group) is 1. The van der Waals surface area contributed by atoms with Crippen molar-refractivity contribution in [1.82, 2.24) is 29.5 Å². The highest BCUT2D eigenvalue weighted by atomic mass is 35.5. The van der Waals surface area contributed by atoms with Gasteiger partial charge in [-0.25, -0.2) is 9.67 Å². The Morgan fingerprint density at radius 3 is 3.00 bits per heavy atom. The van der Waals surface area contributed by atoms with Gasteiger partial charge in [-0.2, -0.15) is 5.10 Å². The summed E-state index contributed by atoms with van der Waals surface area (Å²) < 4.78 is 3.24. The van der Waals surface area contributed by atoms with E-state index in [0.29, 0.717) is 33.5 Å². The Kier molecular flexibility index (Phi) is 5.62. The van der Waals surface area contributed by atoms with Crippen molar-refractivity contribution in [2.24, 2.45) is 0 Å². The molecule has 2 aromatic heterocycles. The van der Waals surface area contributed by atoms with Gasteiger partial charge in [0.15, 0.2) is 10.8 Å². The van der Waals surface area contributed by atoms with Crippen LogP contribution in [0.2, 0.25) is 5.02 Å². The molecule has 0 bridgehead atoms. The summed E-state index contributed by atoms with van der Waals surface area (Å²) in [6, 6.07) is 7.02. The second-order valence-corrected chi connectivity index (χ2v) is 8.59. The van der Waals surface area contributed by atoms with Crippen LogP contribution in [0.15, 0.2) is 40.4 Å². The van der Waals surface area contributed by atoms with E-state index in [-0.39, 0.29) is 23.9 Å². The zero-order valence-corrected chi connectivity index (χ0v) is 17.7. The lowest BCUT2D eigenvalue weighted by Gasteiger charge is -2.14. The number of rotatable bonds is 6. The Morgan fingerprint density at radius 1 is 1.41 bits per heavy atom. The maximum atomic E-state index is 13.1. The zero-order chi connectivity index (χ0) is 20.5. The normalized spacial score (nSPS) is 15.8. The van der Waals surface area contributed by atoms with Gasteiger partial charge in [0.1, 0.15) is 5.39 Å². The van der Waals surface area contributed by atoms with Crippen LogP contribution in [0.25, 0.3) is 16.7 Å². The van der Waals surface area contributed by atoms with Crippen LogP contribution < -0.4 is 10.9 Å². The summed E-state index contributed by atoms with van der Waals surface area (Å²) >= 11 is 7.57. The molecular weight excluding hydrogens is 412 g/mol. The molecule has 1 aliphatic rings. The fourth-order valence-electron chi connectivity index (χ4n) is 3.28. The highest BCUT2D eigenvalue weighted by Gasteiger charge is 2.29. The van der Waals surface area contributed by atoms with Crippen LogP contribution in [0.1, 0.15) is 12.5 Å². The van der Waals surface area contributed by atoms with E-state index in [0.717, 1.165) is 12.2 Å². The molecule has 4 rings (SSSR count). The van der Waals surface area contributed by atoms with E-state index in [2.05, 4.69) is 15.4 Å². The lowest BCUT2D eigenvalue weighted by molar-refractivity contribution is -0.121. The Balaban J connectivity index is 1.62. The third-order valence-corrected chi connectivity index (χ3v) is 6.06. The summed E-state index contributed by atoms with van der Waals surface area (Å²) in [7, 11) is 3.91. The Morgan fingerprint density at radius 2 is 2.24 bits per heavy atom. The van der Waals surface area contributed by atoms with Crippen LogP contribution in [0.5, 0.6) is 0 Å². The molecule has 3 heterocycles. The number of hydrogen-bond donors (Lipinski definition) is 1. The van der Waals surface area contributed by atoms with Gasteiger partial charge in [0.2, 0.25) is 5.91 Å². The summed E-state index contributed by atoms with van der Waals surface area (Å²) in [4.78, 5) is 32.1. The zero-order valence-electron chi connectivity index (χ0n) is 16.1. The fourth-order valence-corrected chi connectivity index (χ4v) is 4.60. The number of amides is 1. The van der Waals surface area contributed by atoms with Gasteiger partial charge in [-0.1, -0.05) is 29.4 Å². The van der Waals surface area contributed by atoms with Crippen molar-refractivity contribution in [2.45, 2.75) is 17.6 Å². The number of aromatic nitrogens is 4. The van der Waals surface area contributed by atoms with E-state index in [1.807, 2.05) is 31.1 Å². The standard InChI is InChI=1S/C19H21ClN6O2S/c1-24(2)7-6-21-16(27)9-14-11-29-19-23-17-15(18(28)25(14)19)10-22-26(17)13-5-3-4-12(20)8-13/h3-5,8,10,14H,6-7,9,11H2,1-2H3,(H,21,27)/t14-/m1/s1. The Hall–Kier alpha value is -2.36. The van der Waals surface area contributed by atoms with E-state index in [9.17, 15) is 9.59 Å². The maximum Gasteiger partial charge on any atom is 0.265 e. The number of thioether (sulfide) groups is 1. The quantitative estimate of drug-likeness (QED) is 0.599. The highest BCUT2D eigenvalue weighted by molar-refractivity contribution is 7.99. The number of carbonyl (C=O) groups is 1. The Bertz CT molecular complexity index is 1130. The van der Waals surface area contributed by atoms with Crippen molar-refractivity contribution in [3.8, 4) is 5.69 Å². The van der Waals surface area contributed by atoms with Crippen molar-refractivity contribution in [3.05, 3.63) is 45.8 Å². The topological polar surface area (TPSA) is 85.1 Å². The molecular formula is C19H21ClN6O2S. The molecule has 152 valence electrons. The summed E-state index contributed by atoms with van der Waals surface area (Å²) in [5.41, 5.74) is 1.06. The van der Waals surface area contributed by atoms with Gasteiger partial charge in [0.25, 0.3) is 5.56 Å². The number of benzene rings is 1. The van der Waals surface area contributed by atoms with Gasteiger partial charge >= 0.3 is 0 Å². The van der Waals surface area contributed by atoms with Gasteiger partial charge in [-0.05, 0) is 32.3 Å². The van der Waals surface area contributed by atoms with Gasteiger partial charge in [-0.3, -0.25) is 14.2 Å². The summed E-state index contributed by atoms with van der Waals surface area (Å²) in [6.45, 7) is 1.35. The Labute approximate surface area is 176 Å². The smallest absolute Gasteiger partial charge is 0.265 e. The number of fused-ring (bicyclic) bond motifs is 2. The van der Waals surface area contributed by atoms with E-state index in [1.54, 1.807) is 21.4 Å². The second kappa shape index (κ2) is 8.17. The van der Waals surface area contributed by atoms with Crippen molar-refractivity contribution in [3.63, 3.8) is 0 Å². The van der Waals surface area contributed by atoms with Crippen molar-refractivity contribution >= 4 is 40.3 Å². The average molecular weight is 433 g/mol. The number of nitrogens with zero attached hydrogens (tertiary/aromatic N) is 5. The lowest BCUT2D eigenvalue weighted by Crippen LogP contribution is -2.34. The predicted octanol–water partition coefficient (Wildman–Crippen LogP) is 1.95. The largest absolute Gasteiger partial charge is 0.355 e. The molecule has 0 fully saturated rings. The molecule has 1 amide bonds. The molecule has 0 aliphatic carbocycles. The minimum Gasteiger partial charge on any atom is -0.355 e. The molecule has 0 saturated carbocycles. The van der Waals surface area contributed by atoms with Crippen LogP contribution in [0.3, 0.4) is 0 Å². The summed E-state index contributed by atoms with van der Waals surface area (Å²) in [5.74, 6) is 0.576. The first-order valence-electron chi connectivity index (χ1n) is 9.24. The molecule has 0 saturated heterocycles. The third-order valence-electron chi connectivity index (χ3n) is 4.73. The third kappa shape index (κ3) is 4.03. The predicted molar refractivity (Wildman–Crippen MR) is 114 cm³/mol. The van der Waals surface area contributed by atoms with Crippen LogP contribution >= 0.6 is 23.4 Å². The van der Waals surface area contributed by atoms with E-state index >= 15 is 0 Å². The minimum atomic E-state index is -0.215. The molecule has 0 spiro atoms. The summed E-state index contributed by atoms with van der Waals surface area (Å²) in [5, 5.41) is 8.86. The van der Waals surface area contributed by atoms with Crippen molar-refractivity contribution in [1.29, 1.82) is 0 Å². The molecule has 0 unspecified atom stereocenters. The second-order valence-electron chi connectivity index (χ2n) is 7.17. The van der Waals surface area contributed by atoms with E-state index in [4.69, 9.17) is 11.6 Å². The number of carbonyl (C=O) groups excluding carboxylic acids is 1. The van der Waals surface area contributed by atoms with Crippen LogP contribution in [-0.4, -0.2) is 63.1 Å². The lowest BCUT2D eigenvalue weighted by atomic mass is 10.2. The van der Waals surface area contributed by atoms with Gasteiger partial charge < -0.3 is 10.2 Å². The van der Waals surface area contributed by atoms with Gasteiger partial charge in [-0.15, -0.1) is 0 Å². The van der Waals surface area contributed by atoms with Gasteiger partial charge in [0.05, 0.1) is 17.9 Å².